The Morgan fingerprint density at radius 2 is 1.58 bits per heavy atom. The molecule has 0 radical (unpaired) electrons. The first-order chi connectivity index (χ1) is 15.2. The Bertz CT molecular complexity index is 1200. The van der Waals surface area contributed by atoms with Crippen molar-refractivity contribution in [3.05, 3.63) is 83.9 Å². The van der Waals surface area contributed by atoms with E-state index in [4.69, 9.17) is 9.72 Å². The van der Waals surface area contributed by atoms with Crippen LogP contribution in [0, 0.1) is 6.92 Å². The van der Waals surface area contributed by atoms with Crippen molar-refractivity contribution in [3.8, 4) is 11.5 Å². The van der Waals surface area contributed by atoms with Gasteiger partial charge in [-0.3, -0.25) is 4.79 Å². The zero-order chi connectivity index (χ0) is 21.2. The minimum Gasteiger partial charge on any atom is -0.457 e. The van der Waals surface area contributed by atoms with Crippen molar-refractivity contribution in [3.63, 3.8) is 0 Å². The summed E-state index contributed by atoms with van der Waals surface area (Å²) in [7, 11) is 0. The smallest absolute Gasteiger partial charge is 0.253 e. The zero-order valence-corrected chi connectivity index (χ0v) is 18.1. The summed E-state index contributed by atoms with van der Waals surface area (Å²) in [5, 5.41) is 1.04. The van der Waals surface area contributed by atoms with Gasteiger partial charge in [-0.25, -0.2) is 4.98 Å². The van der Waals surface area contributed by atoms with E-state index in [0.29, 0.717) is 18.7 Å². The van der Waals surface area contributed by atoms with Crippen LogP contribution in [0.15, 0.2) is 72.8 Å². The molecule has 1 aliphatic rings. The molecule has 0 saturated carbocycles. The van der Waals surface area contributed by atoms with Crippen molar-refractivity contribution < 1.29 is 9.53 Å². The van der Waals surface area contributed by atoms with Crippen LogP contribution < -0.4 is 9.64 Å². The Morgan fingerprint density at radius 1 is 0.871 bits per heavy atom. The predicted molar refractivity (Wildman–Crippen MR) is 125 cm³/mol. The molecule has 0 aliphatic carbocycles. The number of anilines is 1. The van der Waals surface area contributed by atoms with Crippen LogP contribution in [0.25, 0.3) is 10.2 Å². The molecule has 0 atom stereocenters. The number of thiazole rings is 1. The summed E-state index contributed by atoms with van der Waals surface area (Å²) in [4.78, 5) is 22.0. The molecule has 0 unspecified atom stereocenters. The molecule has 6 heteroatoms. The molecule has 1 amide bonds. The maximum atomic E-state index is 13.0. The third-order valence-electron chi connectivity index (χ3n) is 5.53. The summed E-state index contributed by atoms with van der Waals surface area (Å²) in [6.07, 6.45) is 0. The van der Waals surface area contributed by atoms with Crippen molar-refractivity contribution in [1.82, 2.24) is 9.88 Å². The SMILES string of the molecule is Cc1cccc2sc(N3CCN(C(=O)c4ccc(Oc5ccccc5)cc4)CC3)nc12. The Labute approximate surface area is 185 Å². The molecule has 1 aromatic heterocycles. The number of piperazine rings is 1. The van der Waals surface area contributed by atoms with Gasteiger partial charge in [0, 0.05) is 31.7 Å². The van der Waals surface area contributed by atoms with Crippen LogP contribution in [0.3, 0.4) is 0 Å². The summed E-state index contributed by atoms with van der Waals surface area (Å²) in [5.41, 5.74) is 2.97. The van der Waals surface area contributed by atoms with Gasteiger partial charge in [-0.1, -0.05) is 41.7 Å². The highest BCUT2D eigenvalue weighted by Crippen LogP contribution is 2.31. The van der Waals surface area contributed by atoms with Gasteiger partial charge in [0.25, 0.3) is 5.91 Å². The average molecular weight is 430 g/mol. The molecular weight excluding hydrogens is 406 g/mol. The Kier molecular flexibility index (Phi) is 5.30. The molecular formula is C25H23N3O2S. The summed E-state index contributed by atoms with van der Waals surface area (Å²) in [6, 6.07) is 23.3. The van der Waals surface area contributed by atoms with E-state index in [-0.39, 0.29) is 5.91 Å². The van der Waals surface area contributed by atoms with Crippen LogP contribution in [0.2, 0.25) is 0 Å². The number of ether oxygens (including phenoxy) is 1. The number of aryl methyl sites for hydroxylation is 1. The van der Waals surface area contributed by atoms with Gasteiger partial charge in [0.05, 0.1) is 10.2 Å². The van der Waals surface area contributed by atoms with Gasteiger partial charge in [-0.2, -0.15) is 0 Å². The molecule has 4 aromatic rings. The lowest BCUT2D eigenvalue weighted by atomic mass is 10.1. The minimum absolute atomic E-state index is 0.0612. The van der Waals surface area contributed by atoms with E-state index in [2.05, 4.69) is 30.0 Å². The second-order valence-corrected chi connectivity index (χ2v) is 8.65. The largest absolute Gasteiger partial charge is 0.457 e. The normalized spacial score (nSPS) is 14.1. The van der Waals surface area contributed by atoms with E-state index in [0.717, 1.165) is 35.2 Å². The lowest BCUT2D eigenvalue weighted by molar-refractivity contribution is 0.0747. The van der Waals surface area contributed by atoms with Crippen molar-refractivity contribution in [1.29, 1.82) is 0 Å². The number of para-hydroxylation sites is 2. The molecule has 5 nitrogen and oxygen atoms in total. The highest BCUT2D eigenvalue weighted by Gasteiger charge is 2.24. The first-order valence-corrected chi connectivity index (χ1v) is 11.2. The molecule has 0 N–H and O–H groups in total. The van der Waals surface area contributed by atoms with Crippen molar-refractivity contribution >= 4 is 32.6 Å². The maximum Gasteiger partial charge on any atom is 0.253 e. The number of aromatic nitrogens is 1. The van der Waals surface area contributed by atoms with Crippen molar-refractivity contribution in [2.45, 2.75) is 6.92 Å². The molecule has 1 saturated heterocycles. The molecule has 5 rings (SSSR count). The van der Waals surface area contributed by atoms with Gasteiger partial charge in [0.1, 0.15) is 11.5 Å². The Balaban J connectivity index is 1.22. The van der Waals surface area contributed by atoms with Crippen LogP contribution in [0.5, 0.6) is 11.5 Å². The van der Waals surface area contributed by atoms with E-state index in [9.17, 15) is 4.79 Å². The number of rotatable bonds is 4. The first kappa shape index (κ1) is 19.6. The van der Waals surface area contributed by atoms with Crippen molar-refractivity contribution in [2.24, 2.45) is 0 Å². The Morgan fingerprint density at radius 3 is 2.29 bits per heavy atom. The molecule has 3 aromatic carbocycles. The van der Waals surface area contributed by atoms with Crippen LogP contribution in [0.1, 0.15) is 15.9 Å². The van der Waals surface area contributed by atoms with E-state index in [1.165, 1.54) is 10.3 Å². The standard InChI is InChI=1S/C25H23N3O2S/c1-18-6-5-9-22-23(18)26-25(31-22)28-16-14-27(15-17-28)24(29)19-10-12-21(13-11-19)30-20-7-3-2-4-8-20/h2-13H,14-17H2,1H3. The molecule has 0 bridgehead atoms. The summed E-state index contributed by atoms with van der Waals surface area (Å²) in [6.45, 7) is 5.06. The third kappa shape index (κ3) is 4.11. The van der Waals surface area contributed by atoms with Crippen LogP contribution in [0.4, 0.5) is 5.13 Å². The second-order valence-electron chi connectivity index (χ2n) is 7.64. The second kappa shape index (κ2) is 8.40. The molecule has 31 heavy (non-hydrogen) atoms. The van der Waals surface area contributed by atoms with Gasteiger partial charge in [0.2, 0.25) is 0 Å². The monoisotopic (exact) mass is 429 g/mol. The number of nitrogens with zero attached hydrogens (tertiary/aromatic N) is 3. The Hall–Kier alpha value is -3.38. The highest BCUT2D eigenvalue weighted by molar-refractivity contribution is 7.22. The van der Waals surface area contributed by atoms with Crippen LogP contribution in [-0.2, 0) is 0 Å². The fourth-order valence-corrected chi connectivity index (χ4v) is 4.88. The number of amides is 1. The van der Waals surface area contributed by atoms with Gasteiger partial charge >= 0.3 is 0 Å². The van der Waals surface area contributed by atoms with E-state index >= 15 is 0 Å². The van der Waals surface area contributed by atoms with E-state index in [1.807, 2.05) is 59.5 Å². The molecule has 0 spiro atoms. The average Bonchev–Trinajstić information content (AvgIpc) is 3.26. The highest BCUT2D eigenvalue weighted by atomic mass is 32.1. The summed E-state index contributed by atoms with van der Waals surface area (Å²) >= 11 is 1.72. The fourth-order valence-electron chi connectivity index (χ4n) is 3.78. The maximum absolute atomic E-state index is 13.0. The number of hydrogen-bond donors (Lipinski definition) is 0. The van der Waals surface area contributed by atoms with E-state index < -0.39 is 0 Å². The zero-order valence-electron chi connectivity index (χ0n) is 17.3. The number of carbonyl (C=O) groups is 1. The van der Waals surface area contributed by atoms with Gasteiger partial charge < -0.3 is 14.5 Å². The third-order valence-corrected chi connectivity index (χ3v) is 6.61. The topological polar surface area (TPSA) is 45.7 Å². The summed E-state index contributed by atoms with van der Waals surface area (Å²) < 4.78 is 7.03. The number of hydrogen-bond acceptors (Lipinski definition) is 5. The van der Waals surface area contributed by atoms with E-state index in [1.54, 1.807) is 11.3 Å². The number of carbonyl (C=O) groups excluding carboxylic acids is 1. The predicted octanol–water partition coefficient (Wildman–Crippen LogP) is 5.36. The van der Waals surface area contributed by atoms with Gasteiger partial charge in [-0.05, 0) is 55.0 Å². The lowest BCUT2D eigenvalue weighted by Gasteiger charge is -2.34. The van der Waals surface area contributed by atoms with Crippen LogP contribution in [-0.4, -0.2) is 42.0 Å². The number of benzene rings is 3. The molecule has 2 heterocycles. The van der Waals surface area contributed by atoms with Gasteiger partial charge in [-0.15, -0.1) is 0 Å². The van der Waals surface area contributed by atoms with Crippen LogP contribution >= 0.6 is 11.3 Å². The number of fused-ring (bicyclic) bond motifs is 1. The van der Waals surface area contributed by atoms with Gasteiger partial charge in [0.15, 0.2) is 5.13 Å². The fraction of sp³-hybridized carbons (Fsp3) is 0.200. The summed E-state index contributed by atoms with van der Waals surface area (Å²) in [5.74, 6) is 1.56. The molecule has 156 valence electrons. The lowest BCUT2D eigenvalue weighted by Crippen LogP contribution is -2.48. The molecule has 1 aliphatic heterocycles. The molecule has 1 fully saturated rings. The minimum atomic E-state index is 0.0612. The quantitative estimate of drug-likeness (QED) is 0.438. The first-order valence-electron chi connectivity index (χ1n) is 10.4. The van der Waals surface area contributed by atoms with Crippen molar-refractivity contribution in [2.75, 3.05) is 31.1 Å².